The predicted octanol–water partition coefficient (Wildman–Crippen LogP) is 11.6. The van der Waals surface area contributed by atoms with Gasteiger partial charge in [0.1, 0.15) is 17.5 Å². The Morgan fingerprint density at radius 2 is 0.564 bits per heavy atom. The van der Waals surface area contributed by atoms with E-state index in [1.165, 1.54) is 0 Å². The zero-order chi connectivity index (χ0) is 38.6. The molecule has 0 spiro atoms. The molecule has 0 atom stereocenters. The van der Waals surface area contributed by atoms with Crippen molar-refractivity contribution in [1.29, 1.82) is 0 Å². The van der Waals surface area contributed by atoms with Crippen LogP contribution in [-0.2, 0) is 0 Å². The summed E-state index contributed by atoms with van der Waals surface area (Å²) in [7, 11) is 0. The van der Waals surface area contributed by atoms with Gasteiger partial charge in [0, 0.05) is 34.9 Å². The summed E-state index contributed by atoms with van der Waals surface area (Å²) in [6, 6.07) is 12.1. The Morgan fingerprint density at radius 3 is 0.782 bits per heavy atom. The Bertz CT molecular complexity index is 1660. The third-order valence-corrected chi connectivity index (χ3v) is 9.76. The van der Waals surface area contributed by atoms with E-state index in [0.29, 0.717) is 91.6 Å². The second kappa shape index (κ2) is 19.7. The minimum absolute atomic E-state index is 0.593. The third-order valence-electron chi connectivity index (χ3n) is 9.76. The highest BCUT2D eigenvalue weighted by Gasteiger charge is 2.41. The smallest absolute Gasteiger partial charge is 0.163 e. The van der Waals surface area contributed by atoms with Crippen molar-refractivity contribution < 1.29 is 28.4 Å². The Morgan fingerprint density at radius 1 is 0.345 bits per heavy atom. The van der Waals surface area contributed by atoms with Gasteiger partial charge in [0.2, 0.25) is 0 Å². The SMILES string of the molecule is CCCCOc1cc2c(cc1OCCCC)C1=Nc3cc(OCCCC)c(OCCCC)cc3C3=Nc4cc(OCCCC)c(OCCCC)cc4C(=N2)N13. The van der Waals surface area contributed by atoms with Crippen LogP contribution in [0.3, 0.4) is 0 Å². The highest BCUT2D eigenvalue weighted by molar-refractivity contribution is 6.36. The van der Waals surface area contributed by atoms with Gasteiger partial charge < -0.3 is 28.4 Å². The quantitative estimate of drug-likeness (QED) is 0.0841. The molecule has 55 heavy (non-hydrogen) atoms. The first kappa shape index (κ1) is 39.9. The van der Waals surface area contributed by atoms with E-state index in [2.05, 4.69) is 46.4 Å². The van der Waals surface area contributed by atoms with Crippen LogP contribution in [0.1, 0.15) is 135 Å². The average molecular weight is 753 g/mol. The second-order valence-electron chi connectivity index (χ2n) is 14.3. The minimum atomic E-state index is 0.593. The maximum Gasteiger partial charge on any atom is 0.163 e. The molecule has 3 aromatic carbocycles. The van der Waals surface area contributed by atoms with Crippen LogP contribution >= 0.6 is 0 Å². The van der Waals surface area contributed by atoms with Crippen molar-refractivity contribution in [2.45, 2.75) is 119 Å². The zero-order valence-corrected chi connectivity index (χ0v) is 33.9. The number of fused-ring (bicyclic) bond motifs is 6. The fourth-order valence-electron chi connectivity index (χ4n) is 6.43. The molecule has 0 bridgehead atoms. The standard InChI is InChI=1S/C45H60N4O6/c1-7-13-19-50-37-25-31-34(28-40(37)53-22-16-10-4)46-44-33-27-39(52-21-15-9-3)42(55-24-18-12-6)30-36(33)48-45-32-26-38(51-20-14-8-2)41(54-23-17-11-5)29-35(32)47-43(31)49(44)45/h25-30H,7-24H2,1-6H3. The first-order chi connectivity index (χ1) is 27.0. The molecule has 0 saturated carbocycles. The summed E-state index contributed by atoms with van der Waals surface area (Å²) in [5.74, 6) is 6.28. The topological polar surface area (TPSA) is 95.7 Å². The van der Waals surface area contributed by atoms with Crippen molar-refractivity contribution in [1.82, 2.24) is 4.90 Å². The van der Waals surface area contributed by atoms with E-state index >= 15 is 0 Å². The molecule has 3 aliphatic rings. The highest BCUT2D eigenvalue weighted by atomic mass is 16.5. The van der Waals surface area contributed by atoms with Gasteiger partial charge >= 0.3 is 0 Å². The molecule has 10 nitrogen and oxygen atoms in total. The van der Waals surface area contributed by atoms with Crippen molar-refractivity contribution in [2.24, 2.45) is 15.0 Å². The van der Waals surface area contributed by atoms with E-state index in [1.54, 1.807) is 0 Å². The van der Waals surface area contributed by atoms with Gasteiger partial charge in [-0.15, -0.1) is 0 Å². The number of unbranched alkanes of at least 4 members (excludes halogenated alkanes) is 6. The molecule has 0 unspecified atom stereocenters. The minimum Gasteiger partial charge on any atom is -0.490 e. The van der Waals surface area contributed by atoms with E-state index in [-0.39, 0.29) is 0 Å². The number of aliphatic imine (C=N–C) groups is 3. The summed E-state index contributed by atoms with van der Waals surface area (Å²) >= 11 is 0. The molecular weight excluding hydrogens is 693 g/mol. The molecule has 10 heteroatoms. The lowest BCUT2D eigenvalue weighted by molar-refractivity contribution is 0.262. The van der Waals surface area contributed by atoms with Gasteiger partial charge in [-0.3, -0.25) is 4.90 Å². The number of ether oxygens (including phenoxy) is 6. The maximum atomic E-state index is 6.38. The molecule has 0 aliphatic carbocycles. The fourth-order valence-corrected chi connectivity index (χ4v) is 6.43. The van der Waals surface area contributed by atoms with E-state index in [1.807, 2.05) is 36.4 Å². The van der Waals surface area contributed by atoms with Gasteiger partial charge in [0.05, 0.1) is 56.7 Å². The molecule has 0 N–H and O–H groups in total. The second-order valence-corrected chi connectivity index (χ2v) is 14.3. The van der Waals surface area contributed by atoms with Crippen LogP contribution in [0, 0.1) is 0 Å². The third kappa shape index (κ3) is 9.22. The van der Waals surface area contributed by atoms with Crippen molar-refractivity contribution >= 4 is 34.6 Å². The normalized spacial score (nSPS) is 13.4. The molecule has 0 amide bonds. The Balaban J connectivity index is 1.57. The Labute approximate surface area is 328 Å². The first-order valence-electron chi connectivity index (χ1n) is 20.9. The summed E-state index contributed by atoms with van der Waals surface area (Å²) < 4.78 is 38.2. The molecule has 0 radical (unpaired) electrons. The van der Waals surface area contributed by atoms with Crippen LogP contribution < -0.4 is 28.4 Å². The summed E-state index contributed by atoms with van der Waals surface area (Å²) in [6.45, 7) is 16.5. The van der Waals surface area contributed by atoms with Crippen LogP contribution in [-0.4, -0.2) is 62.0 Å². The van der Waals surface area contributed by atoms with Crippen molar-refractivity contribution in [2.75, 3.05) is 39.6 Å². The maximum absolute atomic E-state index is 6.38. The lowest BCUT2D eigenvalue weighted by Crippen LogP contribution is -2.48. The van der Waals surface area contributed by atoms with E-state index in [0.717, 1.165) is 111 Å². The zero-order valence-electron chi connectivity index (χ0n) is 33.9. The van der Waals surface area contributed by atoms with Gasteiger partial charge in [-0.25, -0.2) is 15.0 Å². The monoisotopic (exact) mass is 752 g/mol. The van der Waals surface area contributed by atoms with Gasteiger partial charge in [0.15, 0.2) is 34.5 Å². The van der Waals surface area contributed by atoms with Crippen molar-refractivity contribution in [3.8, 4) is 34.5 Å². The summed E-state index contributed by atoms with van der Waals surface area (Å²) in [6.07, 6.45) is 11.9. The molecule has 296 valence electrons. The lowest BCUT2D eigenvalue weighted by atomic mass is 9.97. The van der Waals surface area contributed by atoms with Gasteiger partial charge in [0.25, 0.3) is 0 Å². The molecular formula is C45H60N4O6. The predicted molar refractivity (Wildman–Crippen MR) is 222 cm³/mol. The van der Waals surface area contributed by atoms with Crippen LogP contribution in [0.2, 0.25) is 0 Å². The van der Waals surface area contributed by atoms with Crippen LogP contribution in [0.5, 0.6) is 34.5 Å². The van der Waals surface area contributed by atoms with Crippen molar-refractivity contribution in [3.63, 3.8) is 0 Å². The van der Waals surface area contributed by atoms with Crippen LogP contribution in [0.25, 0.3) is 0 Å². The Kier molecular flexibility index (Phi) is 14.3. The van der Waals surface area contributed by atoms with Gasteiger partial charge in [-0.2, -0.15) is 0 Å². The largest absolute Gasteiger partial charge is 0.490 e. The number of nitrogens with zero attached hydrogens (tertiary/aromatic N) is 4. The average Bonchev–Trinajstić information content (AvgIpc) is 3.19. The first-order valence-corrected chi connectivity index (χ1v) is 20.9. The molecule has 0 saturated heterocycles. The lowest BCUT2D eigenvalue weighted by Gasteiger charge is -2.39. The number of amidine groups is 3. The summed E-state index contributed by atoms with van der Waals surface area (Å²) in [5.41, 5.74) is 4.80. The molecule has 3 aromatic rings. The van der Waals surface area contributed by atoms with Crippen LogP contribution in [0.15, 0.2) is 51.4 Å². The van der Waals surface area contributed by atoms with E-state index in [9.17, 15) is 0 Å². The number of rotatable bonds is 24. The molecule has 0 fully saturated rings. The molecule has 0 aromatic heterocycles. The highest BCUT2D eigenvalue weighted by Crippen LogP contribution is 2.48. The van der Waals surface area contributed by atoms with Gasteiger partial charge in [-0.05, 0) is 56.7 Å². The van der Waals surface area contributed by atoms with E-state index in [4.69, 9.17) is 43.4 Å². The fraction of sp³-hybridized carbons (Fsp3) is 0.533. The van der Waals surface area contributed by atoms with Gasteiger partial charge in [-0.1, -0.05) is 80.1 Å². The van der Waals surface area contributed by atoms with Crippen molar-refractivity contribution in [3.05, 3.63) is 53.1 Å². The number of hydrogen-bond donors (Lipinski definition) is 0. The number of benzene rings is 3. The van der Waals surface area contributed by atoms with E-state index < -0.39 is 0 Å². The summed E-state index contributed by atoms with van der Waals surface area (Å²) in [5, 5.41) is 0. The molecule has 3 heterocycles. The number of hydrogen-bond acceptors (Lipinski definition) is 10. The summed E-state index contributed by atoms with van der Waals surface area (Å²) in [4.78, 5) is 18.2. The van der Waals surface area contributed by atoms with Crippen LogP contribution in [0.4, 0.5) is 17.1 Å². The Hall–Kier alpha value is -4.73. The molecule has 6 rings (SSSR count). The molecule has 3 aliphatic heterocycles.